The van der Waals surface area contributed by atoms with Crippen molar-refractivity contribution in [2.45, 2.75) is 12.5 Å². The van der Waals surface area contributed by atoms with Gasteiger partial charge in [0.2, 0.25) is 0 Å². The van der Waals surface area contributed by atoms with Crippen LogP contribution < -0.4 is 18.9 Å². The minimum absolute atomic E-state index is 0.0476. The van der Waals surface area contributed by atoms with Crippen molar-refractivity contribution in [3.05, 3.63) is 87.0 Å². The van der Waals surface area contributed by atoms with E-state index >= 15 is 0 Å². The van der Waals surface area contributed by atoms with Crippen molar-refractivity contribution >= 4 is 11.6 Å². The fourth-order valence-corrected chi connectivity index (χ4v) is 4.47. The van der Waals surface area contributed by atoms with Crippen LogP contribution in [0, 0.1) is 10.1 Å². The molecule has 0 radical (unpaired) electrons. The summed E-state index contributed by atoms with van der Waals surface area (Å²) in [5.74, 6) is 1.82. The molecule has 0 saturated heterocycles. The highest BCUT2D eigenvalue weighted by atomic mass is 16.6. The molecule has 3 aromatic carbocycles. The predicted octanol–water partition coefficient (Wildman–Crippen LogP) is 4.42. The van der Waals surface area contributed by atoms with E-state index in [1.165, 1.54) is 26.4 Å². The number of benzene rings is 3. The topological polar surface area (TPSA) is 100 Å². The summed E-state index contributed by atoms with van der Waals surface area (Å²) in [6.07, 6.45) is 0.583. The van der Waals surface area contributed by atoms with Gasteiger partial charge in [0.15, 0.2) is 23.0 Å². The Morgan fingerprint density at radius 1 is 0.886 bits per heavy atom. The molecule has 1 heterocycles. The monoisotopic (exact) mass is 478 g/mol. The average molecular weight is 479 g/mol. The van der Waals surface area contributed by atoms with E-state index in [-0.39, 0.29) is 11.6 Å². The summed E-state index contributed by atoms with van der Waals surface area (Å²) in [7, 11) is 6.15. The second-order valence-electron chi connectivity index (χ2n) is 7.98. The molecule has 1 atom stereocenters. The number of methoxy groups -OCH3 is 4. The van der Waals surface area contributed by atoms with Gasteiger partial charge in [-0.25, -0.2) is 0 Å². The molecular formula is C26H26N2O7. The fourth-order valence-electron chi connectivity index (χ4n) is 4.47. The highest BCUT2D eigenvalue weighted by Gasteiger charge is 2.34. The first-order valence-corrected chi connectivity index (χ1v) is 10.9. The molecule has 0 aliphatic carbocycles. The van der Waals surface area contributed by atoms with Crippen molar-refractivity contribution in [3.63, 3.8) is 0 Å². The van der Waals surface area contributed by atoms with Crippen molar-refractivity contribution in [2.24, 2.45) is 0 Å². The maximum absolute atomic E-state index is 13.8. The van der Waals surface area contributed by atoms with E-state index in [2.05, 4.69) is 0 Å². The second kappa shape index (κ2) is 9.92. The van der Waals surface area contributed by atoms with Crippen LogP contribution >= 0.6 is 0 Å². The number of carbonyl (C=O) groups is 1. The van der Waals surface area contributed by atoms with Crippen molar-refractivity contribution < 1.29 is 28.7 Å². The fraction of sp³-hybridized carbons (Fsp3) is 0.269. The quantitative estimate of drug-likeness (QED) is 0.366. The van der Waals surface area contributed by atoms with Crippen molar-refractivity contribution in [1.29, 1.82) is 0 Å². The van der Waals surface area contributed by atoms with Crippen LogP contribution in [0.15, 0.2) is 54.6 Å². The Kier molecular flexibility index (Phi) is 6.77. The number of fused-ring (bicyclic) bond motifs is 1. The summed E-state index contributed by atoms with van der Waals surface area (Å²) >= 11 is 0. The number of amides is 1. The SMILES string of the molecule is COc1ccc(C(=O)N2CCc3cc(OC)c(OC)cc3[C@@H]2c2cccc([N+](=O)[O-])c2)cc1OC. The Labute approximate surface area is 202 Å². The first kappa shape index (κ1) is 23.9. The smallest absolute Gasteiger partial charge is 0.269 e. The number of non-ortho nitro benzene ring substituents is 1. The van der Waals surface area contributed by atoms with E-state index < -0.39 is 11.0 Å². The Morgan fingerprint density at radius 2 is 1.54 bits per heavy atom. The zero-order valence-electron chi connectivity index (χ0n) is 19.9. The minimum atomic E-state index is -0.570. The van der Waals surface area contributed by atoms with E-state index in [9.17, 15) is 14.9 Å². The summed E-state index contributed by atoms with van der Waals surface area (Å²) in [4.78, 5) is 26.6. The molecule has 182 valence electrons. The molecule has 0 aromatic heterocycles. The van der Waals surface area contributed by atoms with Crippen LogP contribution in [-0.4, -0.2) is 50.7 Å². The van der Waals surface area contributed by atoms with Gasteiger partial charge >= 0.3 is 0 Å². The molecule has 0 spiro atoms. The van der Waals surface area contributed by atoms with Crippen LogP contribution in [0.5, 0.6) is 23.0 Å². The number of nitro groups is 1. The third-order valence-corrected chi connectivity index (χ3v) is 6.16. The summed E-state index contributed by atoms with van der Waals surface area (Å²) < 4.78 is 21.7. The molecule has 1 amide bonds. The van der Waals surface area contributed by atoms with E-state index in [0.717, 1.165) is 11.1 Å². The Morgan fingerprint density at radius 3 is 2.20 bits per heavy atom. The zero-order chi connectivity index (χ0) is 25.1. The molecule has 9 nitrogen and oxygen atoms in total. The summed E-state index contributed by atoms with van der Waals surface area (Å²) in [5, 5.41) is 11.5. The molecular weight excluding hydrogens is 452 g/mol. The molecule has 1 aliphatic rings. The maximum atomic E-state index is 13.8. The lowest BCUT2D eigenvalue weighted by molar-refractivity contribution is -0.384. The predicted molar refractivity (Wildman–Crippen MR) is 129 cm³/mol. The van der Waals surface area contributed by atoms with Gasteiger partial charge < -0.3 is 23.8 Å². The van der Waals surface area contributed by atoms with Crippen molar-refractivity contribution in [1.82, 2.24) is 4.90 Å². The number of carbonyl (C=O) groups excluding carboxylic acids is 1. The van der Waals surface area contributed by atoms with Gasteiger partial charge in [0.1, 0.15) is 0 Å². The van der Waals surface area contributed by atoms with E-state index in [0.29, 0.717) is 47.1 Å². The zero-order valence-corrected chi connectivity index (χ0v) is 19.9. The molecule has 0 bridgehead atoms. The largest absolute Gasteiger partial charge is 0.493 e. The lowest BCUT2D eigenvalue weighted by Gasteiger charge is -2.38. The molecule has 1 aliphatic heterocycles. The van der Waals surface area contributed by atoms with Gasteiger partial charge in [0.05, 0.1) is 39.4 Å². The van der Waals surface area contributed by atoms with Crippen LogP contribution in [0.25, 0.3) is 0 Å². The van der Waals surface area contributed by atoms with Gasteiger partial charge in [-0.2, -0.15) is 0 Å². The van der Waals surface area contributed by atoms with E-state index in [4.69, 9.17) is 18.9 Å². The Hall–Kier alpha value is -4.27. The summed E-state index contributed by atoms with van der Waals surface area (Å²) in [5.41, 5.74) is 2.80. The molecule has 4 rings (SSSR count). The average Bonchev–Trinajstić information content (AvgIpc) is 2.90. The van der Waals surface area contributed by atoms with Crippen LogP contribution in [0.2, 0.25) is 0 Å². The van der Waals surface area contributed by atoms with E-state index in [1.54, 1.807) is 49.5 Å². The number of nitrogens with zero attached hydrogens (tertiary/aromatic N) is 2. The number of hydrogen-bond donors (Lipinski definition) is 0. The molecule has 0 fully saturated rings. The molecule has 0 saturated carbocycles. The van der Waals surface area contributed by atoms with Crippen LogP contribution in [0.1, 0.15) is 33.1 Å². The first-order chi connectivity index (χ1) is 16.9. The molecule has 0 unspecified atom stereocenters. The summed E-state index contributed by atoms with van der Waals surface area (Å²) in [6, 6.07) is 14.5. The molecule has 3 aromatic rings. The third-order valence-electron chi connectivity index (χ3n) is 6.16. The number of rotatable bonds is 7. The van der Waals surface area contributed by atoms with Crippen molar-refractivity contribution in [3.8, 4) is 23.0 Å². The lowest BCUT2D eigenvalue weighted by atomic mass is 9.87. The van der Waals surface area contributed by atoms with Gasteiger partial charge in [-0.15, -0.1) is 0 Å². The standard InChI is InChI=1S/C26H26N2O7/c1-32-21-9-8-18(14-22(21)33-2)26(29)27-11-10-16-13-23(34-3)24(35-4)15-20(16)25(27)17-6-5-7-19(12-17)28(30)31/h5-9,12-15,25H,10-11H2,1-4H3/t25-/m0/s1. The minimum Gasteiger partial charge on any atom is -0.493 e. The van der Waals surface area contributed by atoms with Gasteiger partial charge in [0, 0.05) is 24.2 Å². The lowest BCUT2D eigenvalue weighted by Crippen LogP contribution is -2.40. The van der Waals surface area contributed by atoms with Gasteiger partial charge in [-0.1, -0.05) is 12.1 Å². The molecule has 9 heteroatoms. The van der Waals surface area contributed by atoms with Crippen LogP contribution in [0.3, 0.4) is 0 Å². The highest BCUT2D eigenvalue weighted by molar-refractivity contribution is 5.95. The molecule has 0 N–H and O–H groups in total. The number of ether oxygens (including phenoxy) is 4. The number of hydrogen-bond acceptors (Lipinski definition) is 7. The molecule has 35 heavy (non-hydrogen) atoms. The Balaban J connectivity index is 1.86. The maximum Gasteiger partial charge on any atom is 0.269 e. The van der Waals surface area contributed by atoms with Crippen LogP contribution in [-0.2, 0) is 6.42 Å². The van der Waals surface area contributed by atoms with Gasteiger partial charge in [0.25, 0.3) is 11.6 Å². The van der Waals surface area contributed by atoms with Crippen molar-refractivity contribution in [2.75, 3.05) is 35.0 Å². The highest BCUT2D eigenvalue weighted by Crippen LogP contribution is 2.42. The van der Waals surface area contributed by atoms with Gasteiger partial charge in [-0.05, 0) is 53.4 Å². The van der Waals surface area contributed by atoms with E-state index in [1.807, 2.05) is 12.1 Å². The third kappa shape index (κ3) is 4.44. The number of nitro benzene ring substituents is 1. The van der Waals surface area contributed by atoms with Crippen LogP contribution in [0.4, 0.5) is 5.69 Å². The second-order valence-corrected chi connectivity index (χ2v) is 7.98. The Bertz CT molecular complexity index is 1270. The normalized spacial score (nSPS) is 14.6. The first-order valence-electron chi connectivity index (χ1n) is 10.9. The summed E-state index contributed by atoms with van der Waals surface area (Å²) in [6.45, 7) is 0.406. The van der Waals surface area contributed by atoms with Gasteiger partial charge in [-0.3, -0.25) is 14.9 Å².